The maximum atomic E-state index is 13.7. The normalized spacial score (nSPS) is 18.9. The van der Waals surface area contributed by atoms with Crippen LogP contribution in [0.1, 0.15) is 16.8 Å². The third kappa shape index (κ3) is 3.23. The molecule has 1 aliphatic rings. The molecule has 1 aromatic carbocycles. The summed E-state index contributed by atoms with van der Waals surface area (Å²) >= 11 is 0. The van der Waals surface area contributed by atoms with Gasteiger partial charge in [-0.15, -0.1) is 0 Å². The van der Waals surface area contributed by atoms with Gasteiger partial charge in [0.2, 0.25) is 0 Å². The van der Waals surface area contributed by atoms with E-state index in [2.05, 4.69) is 0 Å². The number of hydrogen-bond donors (Lipinski definition) is 1. The van der Waals surface area contributed by atoms with E-state index in [1.807, 2.05) is 0 Å². The van der Waals surface area contributed by atoms with Gasteiger partial charge in [0.05, 0.1) is 17.1 Å². The van der Waals surface area contributed by atoms with E-state index < -0.39 is 21.6 Å². The van der Waals surface area contributed by atoms with Crippen LogP contribution >= 0.6 is 0 Å². The zero-order valence-electron chi connectivity index (χ0n) is 10.3. The van der Waals surface area contributed by atoms with Gasteiger partial charge in [-0.05, 0) is 24.6 Å². The minimum absolute atomic E-state index is 0.0704. The molecule has 1 heterocycles. The lowest BCUT2D eigenvalue weighted by Gasteiger charge is -2.20. The maximum Gasteiger partial charge on any atom is 0.256 e. The summed E-state index contributed by atoms with van der Waals surface area (Å²) in [6, 6.07) is 3.86. The monoisotopic (exact) mass is 286 g/mol. The van der Waals surface area contributed by atoms with E-state index in [4.69, 9.17) is 5.73 Å². The number of sulfone groups is 1. The molecule has 0 bridgehead atoms. The van der Waals surface area contributed by atoms with E-state index in [0.29, 0.717) is 13.0 Å². The van der Waals surface area contributed by atoms with E-state index in [9.17, 15) is 17.6 Å². The molecule has 2 rings (SSSR count). The molecule has 0 atom stereocenters. The van der Waals surface area contributed by atoms with Crippen molar-refractivity contribution in [2.75, 3.05) is 30.3 Å². The second-order valence-corrected chi connectivity index (χ2v) is 6.84. The molecule has 104 valence electrons. The van der Waals surface area contributed by atoms with Crippen molar-refractivity contribution in [2.24, 2.45) is 0 Å². The first kappa shape index (κ1) is 13.8. The molecule has 1 saturated heterocycles. The van der Waals surface area contributed by atoms with Crippen LogP contribution in [0.15, 0.2) is 18.2 Å². The Morgan fingerprint density at radius 2 is 2.00 bits per heavy atom. The van der Waals surface area contributed by atoms with Gasteiger partial charge in [0.15, 0.2) is 9.84 Å². The number of carbonyl (C=O) groups is 1. The first-order valence-electron chi connectivity index (χ1n) is 5.94. The molecule has 0 spiro atoms. The predicted octanol–water partition coefficient (Wildman–Crippen LogP) is 0.669. The van der Waals surface area contributed by atoms with Gasteiger partial charge in [-0.1, -0.05) is 0 Å². The molecule has 0 unspecified atom stereocenters. The zero-order chi connectivity index (χ0) is 14.0. The van der Waals surface area contributed by atoms with E-state index >= 15 is 0 Å². The van der Waals surface area contributed by atoms with E-state index in [0.717, 1.165) is 6.07 Å². The number of hydrogen-bond acceptors (Lipinski definition) is 4. The molecule has 0 aliphatic carbocycles. The van der Waals surface area contributed by atoms with Gasteiger partial charge >= 0.3 is 0 Å². The minimum Gasteiger partial charge on any atom is -0.399 e. The Labute approximate surface area is 111 Å². The SMILES string of the molecule is Nc1ccc(C(=O)N2CCCS(=O)(=O)CC2)c(F)c1. The van der Waals surface area contributed by atoms with Crippen molar-refractivity contribution in [3.8, 4) is 0 Å². The summed E-state index contributed by atoms with van der Waals surface area (Å²) in [6.45, 7) is 0.423. The van der Waals surface area contributed by atoms with Crippen molar-refractivity contribution >= 4 is 21.4 Å². The Kier molecular flexibility index (Phi) is 3.75. The highest BCUT2D eigenvalue weighted by Crippen LogP contribution is 2.16. The van der Waals surface area contributed by atoms with Crippen LogP contribution in [0.25, 0.3) is 0 Å². The average molecular weight is 286 g/mol. The van der Waals surface area contributed by atoms with E-state index in [1.165, 1.54) is 17.0 Å². The first-order valence-corrected chi connectivity index (χ1v) is 7.76. The molecular weight excluding hydrogens is 271 g/mol. The molecule has 1 fully saturated rings. The van der Waals surface area contributed by atoms with Crippen molar-refractivity contribution in [1.82, 2.24) is 4.90 Å². The minimum atomic E-state index is -3.09. The molecule has 1 amide bonds. The number of rotatable bonds is 1. The van der Waals surface area contributed by atoms with Crippen molar-refractivity contribution < 1.29 is 17.6 Å². The van der Waals surface area contributed by atoms with Crippen molar-refractivity contribution in [3.63, 3.8) is 0 Å². The Morgan fingerprint density at radius 1 is 1.26 bits per heavy atom. The van der Waals surface area contributed by atoms with Gasteiger partial charge in [-0.2, -0.15) is 0 Å². The number of anilines is 1. The fraction of sp³-hybridized carbons (Fsp3) is 0.417. The smallest absolute Gasteiger partial charge is 0.256 e. The quantitative estimate of drug-likeness (QED) is 0.769. The van der Waals surface area contributed by atoms with E-state index in [-0.39, 0.29) is 29.3 Å². The molecule has 0 saturated carbocycles. The predicted molar refractivity (Wildman–Crippen MR) is 70.0 cm³/mol. The van der Waals surface area contributed by atoms with Crippen LogP contribution in [0, 0.1) is 5.82 Å². The van der Waals surface area contributed by atoms with Crippen LogP contribution < -0.4 is 5.73 Å². The Hall–Kier alpha value is -1.63. The first-order chi connectivity index (χ1) is 8.89. The number of halogens is 1. The lowest BCUT2D eigenvalue weighted by molar-refractivity contribution is 0.0764. The van der Waals surface area contributed by atoms with Gasteiger partial charge in [-0.3, -0.25) is 4.79 Å². The largest absolute Gasteiger partial charge is 0.399 e. The topological polar surface area (TPSA) is 80.5 Å². The summed E-state index contributed by atoms with van der Waals surface area (Å²) in [7, 11) is -3.09. The van der Waals surface area contributed by atoms with Crippen LogP contribution in [0.3, 0.4) is 0 Å². The molecule has 0 aromatic heterocycles. The van der Waals surface area contributed by atoms with Gasteiger partial charge in [-0.25, -0.2) is 12.8 Å². The Morgan fingerprint density at radius 3 is 2.68 bits per heavy atom. The molecule has 1 aromatic rings. The van der Waals surface area contributed by atoms with Crippen LogP contribution in [-0.2, 0) is 9.84 Å². The van der Waals surface area contributed by atoms with Crippen LogP contribution in [-0.4, -0.2) is 43.8 Å². The fourth-order valence-electron chi connectivity index (χ4n) is 2.02. The Bertz CT molecular complexity index is 601. The number of amides is 1. The second-order valence-electron chi connectivity index (χ2n) is 4.54. The van der Waals surface area contributed by atoms with Crippen molar-refractivity contribution in [2.45, 2.75) is 6.42 Å². The van der Waals surface area contributed by atoms with Gasteiger partial charge < -0.3 is 10.6 Å². The molecule has 7 heteroatoms. The lowest BCUT2D eigenvalue weighted by Crippen LogP contribution is -2.34. The Balaban J connectivity index is 2.20. The number of benzene rings is 1. The summed E-state index contributed by atoms with van der Waals surface area (Å²) in [5.41, 5.74) is 5.59. The maximum absolute atomic E-state index is 13.7. The molecule has 1 aliphatic heterocycles. The zero-order valence-corrected chi connectivity index (χ0v) is 11.1. The van der Waals surface area contributed by atoms with Gasteiger partial charge in [0.1, 0.15) is 5.82 Å². The third-order valence-corrected chi connectivity index (χ3v) is 4.78. The van der Waals surface area contributed by atoms with Crippen molar-refractivity contribution in [1.29, 1.82) is 0 Å². The highest BCUT2D eigenvalue weighted by Gasteiger charge is 2.24. The standard InChI is InChI=1S/C12H15FN2O3S/c13-11-8-9(14)2-3-10(11)12(16)15-4-1-6-19(17,18)7-5-15/h2-3,8H,1,4-7,14H2. The number of nitrogen functional groups attached to an aromatic ring is 1. The molecule has 5 nitrogen and oxygen atoms in total. The van der Waals surface area contributed by atoms with Crippen LogP contribution in [0.4, 0.5) is 10.1 Å². The lowest BCUT2D eigenvalue weighted by atomic mass is 10.1. The van der Waals surface area contributed by atoms with Gasteiger partial charge in [0.25, 0.3) is 5.91 Å². The molecule has 0 radical (unpaired) electrons. The van der Waals surface area contributed by atoms with Crippen LogP contribution in [0.2, 0.25) is 0 Å². The number of carbonyl (C=O) groups excluding carboxylic acids is 1. The summed E-state index contributed by atoms with van der Waals surface area (Å²) in [6.07, 6.45) is 0.380. The summed E-state index contributed by atoms with van der Waals surface area (Å²) in [4.78, 5) is 13.5. The second kappa shape index (κ2) is 5.16. The highest BCUT2D eigenvalue weighted by atomic mass is 32.2. The third-order valence-electron chi connectivity index (χ3n) is 3.07. The fourth-order valence-corrected chi connectivity index (χ4v) is 3.29. The molecular formula is C12H15FN2O3S. The van der Waals surface area contributed by atoms with Crippen LogP contribution in [0.5, 0.6) is 0 Å². The molecule has 2 N–H and O–H groups in total. The number of nitrogens with two attached hydrogens (primary N) is 1. The summed E-state index contributed by atoms with van der Waals surface area (Å²) < 4.78 is 36.6. The van der Waals surface area contributed by atoms with E-state index in [1.54, 1.807) is 0 Å². The average Bonchev–Trinajstić information content (AvgIpc) is 2.49. The highest BCUT2D eigenvalue weighted by molar-refractivity contribution is 7.91. The van der Waals surface area contributed by atoms with Gasteiger partial charge in [0, 0.05) is 18.8 Å². The molecule has 19 heavy (non-hydrogen) atoms. The number of nitrogens with zero attached hydrogens (tertiary/aromatic N) is 1. The van der Waals surface area contributed by atoms with Crippen molar-refractivity contribution in [3.05, 3.63) is 29.6 Å². The summed E-state index contributed by atoms with van der Waals surface area (Å²) in [5, 5.41) is 0. The summed E-state index contributed by atoms with van der Waals surface area (Å²) in [5.74, 6) is -1.18.